The molecular formula is C18H34CaO4. The van der Waals surface area contributed by atoms with Crippen molar-refractivity contribution in [2.45, 2.75) is 91.9 Å². The molecular weight excluding hydrogens is 320 g/mol. The minimum Gasteiger partial charge on any atom is -0.550 e. The summed E-state index contributed by atoms with van der Waals surface area (Å²) in [4.78, 5) is 20.0. The van der Waals surface area contributed by atoms with E-state index >= 15 is 0 Å². The van der Waals surface area contributed by atoms with Crippen molar-refractivity contribution in [2.24, 2.45) is 11.8 Å². The van der Waals surface area contributed by atoms with Crippen molar-refractivity contribution in [3.05, 3.63) is 0 Å². The van der Waals surface area contributed by atoms with Gasteiger partial charge in [-0.05, 0) is 37.5 Å². The molecule has 5 heteroatoms. The summed E-state index contributed by atoms with van der Waals surface area (Å²) in [6.45, 7) is 8.72. The Balaban J connectivity index is -0.000000333. The Morgan fingerprint density at radius 1 is 0.652 bits per heavy atom. The van der Waals surface area contributed by atoms with Gasteiger partial charge in [-0.2, -0.15) is 0 Å². The van der Waals surface area contributed by atoms with Gasteiger partial charge in [0.1, 0.15) is 0 Å². The zero-order valence-corrected chi connectivity index (χ0v) is 17.8. The molecule has 0 aromatic carbocycles. The normalized spacial score (nSPS) is 10.0. The monoisotopic (exact) mass is 354 g/mol. The van der Waals surface area contributed by atoms with E-state index < -0.39 is 11.9 Å². The number of rotatable bonds is 12. The summed E-state index contributed by atoms with van der Waals surface area (Å²) >= 11 is 0. The summed E-state index contributed by atoms with van der Waals surface area (Å²) in [5, 5.41) is 20.0. The van der Waals surface area contributed by atoms with Gasteiger partial charge >= 0.3 is 37.7 Å². The van der Waals surface area contributed by atoms with Gasteiger partial charge in [-0.3, -0.25) is 0 Å². The molecule has 0 radical (unpaired) electrons. The molecule has 0 N–H and O–H groups in total. The molecule has 0 atom stereocenters. The zero-order valence-electron chi connectivity index (χ0n) is 15.6. The molecule has 0 fully saturated rings. The summed E-state index contributed by atoms with van der Waals surface area (Å²) < 4.78 is 0. The van der Waals surface area contributed by atoms with Gasteiger partial charge in [0.2, 0.25) is 0 Å². The van der Waals surface area contributed by atoms with Crippen molar-refractivity contribution in [2.75, 3.05) is 0 Å². The number of hydrogen-bond acceptors (Lipinski definition) is 4. The van der Waals surface area contributed by atoms with E-state index in [1.54, 1.807) is 0 Å². The molecule has 4 nitrogen and oxygen atoms in total. The van der Waals surface area contributed by atoms with Crippen LogP contribution >= 0.6 is 0 Å². The van der Waals surface area contributed by atoms with Crippen LogP contribution in [0, 0.1) is 11.8 Å². The Labute approximate surface area is 172 Å². The Bertz CT molecular complexity index is 250. The molecule has 0 amide bonds. The molecule has 0 rings (SSSR count). The van der Waals surface area contributed by atoms with E-state index in [9.17, 15) is 19.8 Å². The van der Waals surface area contributed by atoms with Gasteiger partial charge in [-0.25, -0.2) is 0 Å². The van der Waals surface area contributed by atoms with E-state index in [0.29, 0.717) is 0 Å². The third kappa shape index (κ3) is 34.5. The van der Waals surface area contributed by atoms with Crippen LogP contribution < -0.4 is 10.2 Å². The van der Waals surface area contributed by atoms with Gasteiger partial charge in [0.05, 0.1) is 0 Å². The van der Waals surface area contributed by atoms with Crippen LogP contribution in [-0.2, 0) is 9.59 Å². The van der Waals surface area contributed by atoms with Crippen LogP contribution in [0.1, 0.15) is 91.9 Å². The van der Waals surface area contributed by atoms with Crippen LogP contribution in [0.25, 0.3) is 0 Å². The number of carboxylic acids is 2. The van der Waals surface area contributed by atoms with Crippen LogP contribution in [0.3, 0.4) is 0 Å². The third-order valence-corrected chi connectivity index (χ3v) is 3.32. The predicted molar refractivity (Wildman–Crippen MR) is 91.6 cm³/mol. The second kappa shape index (κ2) is 20.2. The van der Waals surface area contributed by atoms with Crippen LogP contribution in [0.4, 0.5) is 0 Å². The van der Waals surface area contributed by atoms with Crippen molar-refractivity contribution in [3.63, 3.8) is 0 Å². The Hall–Kier alpha value is 0.200. The van der Waals surface area contributed by atoms with Crippen molar-refractivity contribution >= 4 is 49.7 Å². The fourth-order valence-electron chi connectivity index (χ4n) is 2.00. The predicted octanol–water partition coefficient (Wildman–Crippen LogP) is 2.30. The van der Waals surface area contributed by atoms with Gasteiger partial charge in [-0.15, -0.1) is 0 Å². The van der Waals surface area contributed by atoms with Crippen LogP contribution in [-0.4, -0.2) is 49.7 Å². The average molecular weight is 355 g/mol. The average Bonchev–Trinajstić information content (AvgIpc) is 2.37. The first-order valence-corrected chi connectivity index (χ1v) is 8.65. The molecule has 0 aromatic rings. The van der Waals surface area contributed by atoms with Gasteiger partial charge < -0.3 is 19.8 Å². The molecule has 0 unspecified atom stereocenters. The van der Waals surface area contributed by atoms with Crippen molar-refractivity contribution in [3.8, 4) is 0 Å². The largest absolute Gasteiger partial charge is 2.00 e. The molecule has 0 aliphatic heterocycles. The number of carbonyl (C=O) groups is 2. The maximum absolute atomic E-state index is 9.99. The fourth-order valence-corrected chi connectivity index (χ4v) is 2.00. The second-order valence-corrected chi connectivity index (χ2v) is 6.73. The summed E-state index contributed by atoms with van der Waals surface area (Å²) in [7, 11) is 0. The second-order valence-electron chi connectivity index (χ2n) is 6.73. The van der Waals surface area contributed by atoms with E-state index in [1.807, 2.05) is 0 Å². The number of hydrogen-bond donors (Lipinski definition) is 0. The summed E-state index contributed by atoms with van der Waals surface area (Å²) in [5.41, 5.74) is 0. The zero-order chi connectivity index (χ0) is 17.4. The van der Waals surface area contributed by atoms with Gasteiger partial charge in [-0.1, -0.05) is 66.2 Å². The van der Waals surface area contributed by atoms with E-state index in [-0.39, 0.29) is 50.6 Å². The van der Waals surface area contributed by atoms with Gasteiger partial charge in [0, 0.05) is 11.9 Å². The van der Waals surface area contributed by atoms with Crippen molar-refractivity contribution in [1.82, 2.24) is 0 Å². The molecule has 0 aliphatic rings. The summed E-state index contributed by atoms with van der Waals surface area (Å²) in [5.74, 6) is -0.375. The van der Waals surface area contributed by atoms with Crippen molar-refractivity contribution in [1.29, 1.82) is 0 Å². The minimum atomic E-state index is -0.922. The van der Waals surface area contributed by atoms with Gasteiger partial charge in [0.15, 0.2) is 0 Å². The molecule has 0 spiro atoms. The maximum atomic E-state index is 9.99. The molecule has 0 aliphatic carbocycles. The smallest absolute Gasteiger partial charge is 0.550 e. The minimum absolute atomic E-state index is 0. The molecule has 0 saturated heterocycles. The summed E-state index contributed by atoms with van der Waals surface area (Å²) in [6.07, 6.45) is 8.72. The van der Waals surface area contributed by atoms with Crippen molar-refractivity contribution < 1.29 is 19.8 Å². The number of carbonyl (C=O) groups excluding carboxylic acids is 2. The van der Waals surface area contributed by atoms with E-state index in [4.69, 9.17) is 0 Å². The molecule has 0 heterocycles. The van der Waals surface area contributed by atoms with E-state index in [2.05, 4.69) is 27.7 Å². The van der Waals surface area contributed by atoms with Crippen LogP contribution in [0.2, 0.25) is 0 Å². The Kier molecular flexibility index (Phi) is 24.7. The Morgan fingerprint density at radius 2 is 0.957 bits per heavy atom. The first-order chi connectivity index (χ1) is 10.3. The molecule has 0 bridgehead atoms. The first-order valence-electron chi connectivity index (χ1n) is 8.65. The number of carboxylic acid groups (broad SMARTS) is 2. The summed E-state index contributed by atoms with van der Waals surface area (Å²) in [6, 6.07) is 0. The van der Waals surface area contributed by atoms with Gasteiger partial charge in [0.25, 0.3) is 0 Å². The SMILES string of the molecule is CC(C)CCCCCC(=O)[O-].CC(C)CCCCCC(=O)[O-].[Ca+2]. The number of unbranched alkanes of at least 4 members (excludes halogenated alkanes) is 4. The standard InChI is InChI=1S/2C9H18O2.Ca/c2*1-8(2)6-4-3-5-7-9(10)11;/h2*8H,3-7H2,1-2H3,(H,10,11);/q;;+2/p-2. The quantitative estimate of drug-likeness (QED) is 0.398. The topological polar surface area (TPSA) is 80.3 Å². The fraction of sp³-hybridized carbons (Fsp3) is 0.889. The third-order valence-electron chi connectivity index (χ3n) is 3.32. The number of aliphatic carboxylic acids is 2. The van der Waals surface area contributed by atoms with Crippen LogP contribution in [0.15, 0.2) is 0 Å². The van der Waals surface area contributed by atoms with E-state index in [1.165, 1.54) is 12.8 Å². The first kappa shape index (κ1) is 28.0. The molecule has 0 aromatic heterocycles. The molecule has 23 heavy (non-hydrogen) atoms. The maximum Gasteiger partial charge on any atom is 2.00 e. The van der Waals surface area contributed by atoms with E-state index in [0.717, 1.165) is 50.4 Å². The van der Waals surface area contributed by atoms with Crippen LogP contribution in [0.5, 0.6) is 0 Å². The molecule has 0 saturated carbocycles. The Morgan fingerprint density at radius 3 is 1.17 bits per heavy atom. The molecule has 132 valence electrons.